The molecule has 0 fully saturated rings. The normalized spacial score (nSPS) is 10.5. The molecule has 0 aliphatic rings. The van der Waals surface area contributed by atoms with E-state index in [2.05, 4.69) is 25.9 Å². The molecule has 1 aromatic heterocycles. The van der Waals surface area contributed by atoms with Gasteiger partial charge in [0.2, 0.25) is 0 Å². The number of nitrogens with zero attached hydrogens (tertiary/aromatic N) is 2. The second kappa shape index (κ2) is 4.93. The summed E-state index contributed by atoms with van der Waals surface area (Å²) in [6.45, 7) is 1.61. The third kappa shape index (κ3) is 2.55. The van der Waals surface area contributed by atoms with E-state index in [1.54, 1.807) is 6.92 Å². The summed E-state index contributed by atoms with van der Waals surface area (Å²) < 4.78 is 13.5. The summed E-state index contributed by atoms with van der Waals surface area (Å²) >= 11 is 3.23. The predicted molar refractivity (Wildman–Crippen MR) is 72.8 cm³/mol. The van der Waals surface area contributed by atoms with Gasteiger partial charge >= 0.3 is 0 Å². The fraction of sp³-hybridized carbons (Fsp3) is 0.0833. The van der Waals surface area contributed by atoms with Crippen molar-refractivity contribution < 1.29 is 9.18 Å². The zero-order chi connectivity index (χ0) is 14.2. The minimum atomic E-state index is -0.681. The summed E-state index contributed by atoms with van der Waals surface area (Å²) in [4.78, 5) is 19.4. The Morgan fingerprint density at radius 1 is 1.37 bits per heavy atom. The molecule has 2 rings (SSSR count). The Hall–Kier alpha value is -2.02. The van der Waals surface area contributed by atoms with Crippen LogP contribution in [0, 0.1) is 12.7 Å². The second-order valence-electron chi connectivity index (χ2n) is 3.88. The molecule has 5 nitrogen and oxygen atoms in total. The third-order valence-corrected chi connectivity index (χ3v) is 3.19. The summed E-state index contributed by atoms with van der Waals surface area (Å²) in [6.07, 6.45) is 0. The van der Waals surface area contributed by atoms with E-state index in [4.69, 9.17) is 11.5 Å². The number of carbonyl (C=O) groups excluding carboxylic acids is 1. The molecule has 0 saturated carbocycles. The van der Waals surface area contributed by atoms with Gasteiger partial charge in [0.05, 0.1) is 5.69 Å². The van der Waals surface area contributed by atoms with Crippen molar-refractivity contribution in [3.8, 4) is 11.4 Å². The third-order valence-electron chi connectivity index (χ3n) is 2.54. The van der Waals surface area contributed by atoms with Gasteiger partial charge < -0.3 is 11.5 Å². The van der Waals surface area contributed by atoms with Crippen LogP contribution < -0.4 is 11.5 Å². The van der Waals surface area contributed by atoms with E-state index < -0.39 is 5.91 Å². The van der Waals surface area contributed by atoms with E-state index in [0.717, 1.165) is 0 Å². The number of aromatic nitrogens is 2. The lowest BCUT2D eigenvalue weighted by Gasteiger charge is -2.09. The maximum absolute atomic E-state index is 13.0. The average Bonchev–Trinajstić information content (AvgIpc) is 2.26. The van der Waals surface area contributed by atoms with Crippen LogP contribution in [0.1, 0.15) is 16.1 Å². The number of aryl methyl sites for hydroxylation is 1. The van der Waals surface area contributed by atoms with E-state index >= 15 is 0 Å². The summed E-state index contributed by atoms with van der Waals surface area (Å²) in [6, 6.07) is 4.11. The van der Waals surface area contributed by atoms with Crippen LogP contribution in [0.4, 0.5) is 10.2 Å². The number of primary amides is 1. The van der Waals surface area contributed by atoms with Crippen LogP contribution in [-0.4, -0.2) is 15.9 Å². The number of hydrogen-bond acceptors (Lipinski definition) is 4. The molecule has 0 spiro atoms. The van der Waals surface area contributed by atoms with Crippen molar-refractivity contribution in [2.24, 2.45) is 5.73 Å². The van der Waals surface area contributed by atoms with Gasteiger partial charge in [0.1, 0.15) is 17.2 Å². The van der Waals surface area contributed by atoms with Crippen molar-refractivity contribution in [3.63, 3.8) is 0 Å². The zero-order valence-corrected chi connectivity index (χ0v) is 11.5. The molecule has 1 amide bonds. The first-order chi connectivity index (χ1) is 8.90. The molecule has 1 heterocycles. The van der Waals surface area contributed by atoms with Crippen LogP contribution in [0.5, 0.6) is 0 Å². The lowest BCUT2D eigenvalue weighted by molar-refractivity contribution is 0.1000. The van der Waals surface area contributed by atoms with Gasteiger partial charge in [0.15, 0.2) is 5.82 Å². The highest BCUT2D eigenvalue weighted by Gasteiger charge is 2.16. The zero-order valence-electron chi connectivity index (χ0n) is 9.95. The number of halogens is 2. The Balaban J connectivity index is 2.61. The van der Waals surface area contributed by atoms with Crippen molar-refractivity contribution in [3.05, 3.63) is 39.7 Å². The van der Waals surface area contributed by atoms with Crippen LogP contribution in [0.15, 0.2) is 22.7 Å². The lowest BCUT2D eigenvalue weighted by Crippen LogP contribution is -2.17. The highest BCUT2D eigenvalue weighted by molar-refractivity contribution is 9.10. The average molecular weight is 325 g/mol. The van der Waals surface area contributed by atoms with Gasteiger partial charge in [-0.3, -0.25) is 4.79 Å². The molecule has 0 saturated heterocycles. The Morgan fingerprint density at radius 2 is 2.05 bits per heavy atom. The van der Waals surface area contributed by atoms with Crippen molar-refractivity contribution in [1.82, 2.24) is 9.97 Å². The van der Waals surface area contributed by atoms with Crippen LogP contribution in [0.25, 0.3) is 11.4 Å². The highest BCUT2D eigenvalue weighted by atomic mass is 79.9. The predicted octanol–water partition coefficient (Wildman–Crippen LogP) is 2.03. The molecule has 1 aromatic carbocycles. The molecule has 2 aromatic rings. The lowest BCUT2D eigenvalue weighted by atomic mass is 10.1. The molecular formula is C12H10BrFN4O. The quantitative estimate of drug-likeness (QED) is 0.883. The smallest absolute Gasteiger partial charge is 0.254 e. The van der Waals surface area contributed by atoms with E-state index in [0.29, 0.717) is 21.6 Å². The molecule has 0 aliphatic heterocycles. The monoisotopic (exact) mass is 324 g/mol. The van der Waals surface area contributed by atoms with Crippen molar-refractivity contribution >= 4 is 27.7 Å². The van der Waals surface area contributed by atoms with E-state index in [-0.39, 0.29) is 17.2 Å². The maximum Gasteiger partial charge on any atom is 0.254 e. The topological polar surface area (TPSA) is 94.9 Å². The standard InChI is InChI=1S/C12H10BrFN4O/c1-5-9(11(16)19)10(15)18-12(17-5)7-3-2-6(14)4-8(7)13/h2-4H,1H3,(H2,16,19)(H2,15,17,18). The Morgan fingerprint density at radius 3 is 2.58 bits per heavy atom. The second-order valence-corrected chi connectivity index (χ2v) is 4.74. The van der Waals surface area contributed by atoms with Gasteiger partial charge in [-0.2, -0.15) is 0 Å². The van der Waals surface area contributed by atoms with Gasteiger partial charge in [-0.1, -0.05) is 0 Å². The number of hydrogen-bond donors (Lipinski definition) is 2. The van der Waals surface area contributed by atoms with E-state index in [9.17, 15) is 9.18 Å². The Labute approximate surface area is 117 Å². The summed E-state index contributed by atoms with van der Waals surface area (Å²) in [5, 5.41) is 0. The first-order valence-electron chi connectivity index (χ1n) is 5.29. The van der Waals surface area contributed by atoms with Gasteiger partial charge in [-0.15, -0.1) is 0 Å². The number of nitrogens with two attached hydrogens (primary N) is 2. The van der Waals surface area contributed by atoms with Gasteiger partial charge in [-0.05, 0) is 41.1 Å². The minimum Gasteiger partial charge on any atom is -0.383 e. The fourth-order valence-corrected chi connectivity index (χ4v) is 2.22. The van der Waals surface area contributed by atoms with Gasteiger partial charge in [0, 0.05) is 10.0 Å². The molecule has 98 valence electrons. The Kier molecular flexibility index (Phi) is 3.48. The van der Waals surface area contributed by atoms with Crippen molar-refractivity contribution in [1.29, 1.82) is 0 Å². The van der Waals surface area contributed by atoms with E-state index in [1.807, 2.05) is 0 Å². The first kappa shape index (κ1) is 13.4. The summed E-state index contributed by atoms with van der Waals surface area (Å²) in [5.74, 6) is -0.758. The number of nitrogen functional groups attached to an aromatic ring is 1. The molecule has 7 heteroatoms. The minimum absolute atomic E-state index is 0.00576. The van der Waals surface area contributed by atoms with Gasteiger partial charge in [-0.25, -0.2) is 14.4 Å². The van der Waals surface area contributed by atoms with Crippen LogP contribution in [-0.2, 0) is 0 Å². The first-order valence-corrected chi connectivity index (χ1v) is 6.08. The van der Waals surface area contributed by atoms with Crippen LogP contribution >= 0.6 is 15.9 Å². The molecule has 0 radical (unpaired) electrons. The summed E-state index contributed by atoms with van der Waals surface area (Å²) in [7, 11) is 0. The van der Waals surface area contributed by atoms with Crippen molar-refractivity contribution in [2.45, 2.75) is 6.92 Å². The largest absolute Gasteiger partial charge is 0.383 e. The molecule has 0 unspecified atom stereocenters. The number of rotatable bonds is 2. The molecule has 4 N–H and O–H groups in total. The number of amides is 1. The molecule has 19 heavy (non-hydrogen) atoms. The molecule has 0 atom stereocenters. The van der Waals surface area contributed by atoms with E-state index in [1.165, 1.54) is 18.2 Å². The Bertz CT molecular complexity index is 652. The SMILES string of the molecule is Cc1nc(-c2ccc(F)cc2Br)nc(N)c1C(N)=O. The summed E-state index contributed by atoms with van der Waals surface area (Å²) in [5.41, 5.74) is 12.0. The van der Waals surface area contributed by atoms with Crippen LogP contribution in [0.2, 0.25) is 0 Å². The van der Waals surface area contributed by atoms with Crippen molar-refractivity contribution in [2.75, 3.05) is 5.73 Å². The maximum atomic E-state index is 13.0. The molecule has 0 bridgehead atoms. The van der Waals surface area contributed by atoms with Crippen LogP contribution in [0.3, 0.4) is 0 Å². The fourth-order valence-electron chi connectivity index (χ4n) is 1.69. The molecular weight excluding hydrogens is 315 g/mol. The molecule has 0 aliphatic carbocycles. The number of benzene rings is 1. The number of carbonyl (C=O) groups is 1. The van der Waals surface area contributed by atoms with Gasteiger partial charge in [0.25, 0.3) is 5.91 Å². The highest BCUT2D eigenvalue weighted by Crippen LogP contribution is 2.28. The number of anilines is 1.